The van der Waals surface area contributed by atoms with Crippen molar-refractivity contribution in [3.63, 3.8) is 0 Å². The van der Waals surface area contributed by atoms with E-state index >= 15 is 0 Å². The molecule has 0 spiro atoms. The standard InChI is InChI=1S/C18H15Cl2F3N6/c19-12-3-1-10(14(20)8-12)9-17(6-5-16-25-28-29-26-16)13-4-2-11(18(21,22)23)7-15(13)24-27-17/h1-4,7-8,24,27H,5-6,9H2,(H,25,26,28,29). The number of rotatable bonds is 5. The first-order chi connectivity index (χ1) is 13.8. The Balaban J connectivity index is 1.72. The molecule has 11 heteroatoms. The van der Waals surface area contributed by atoms with E-state index in [1.165, 1.54) is 6.07 Å². The molecule has 29 heavy (non-hydrogen) atoms. The Bertz CT molecular complexity index is 1020. The molecule has 0 saturated carbocycles. The predicted molar refractivity (Wildman–Crippen MR) is 103 cm³/mol. The van der Waals surface area contributed by atoms with Crippen LogP contribution in [0.5, 0.6) is 0 Å². The molecule has 4 rings (SSSR count). The molecule has 1 aliphatic heterocycles. The van der Waals surface area contributed by atoms with Gasteiger partial charge in [0.05, 0.1) is 16.8 Å². The van der Waals surface area contributed by atoms with Gasteiger partial charge in [0, 0.05) is 16.5 Å². The molecule has 2 aromatic carbocycles. The number of anilines is 1. The quantitative estimate of drug-likeness (QED) is 0.541. The largest absolute Gasteiger partial charge is 0.416 e. The summed E-state index contributed by atoms with van der Waals surface area (Å²) in [7, 11) is 0. The fraction of sp³-hybridized carbons (Fsp3) is 0.278. The second kappa shape index (κ2) is 7.47. The molecule has 1 atom stereocenters. The monoisotopic (exact) mass is 442 g/mol. The Morgan fingerprint density at radius 3 is 2.59 bits per heavy atom. The van der Waals surface area contributed by atoms with E-state index in [2.05, 4.69) is 31.5 Å². The van der Waals surface area contributed by atoms with Crippen molar-refractivity contribution in [2.45, 2.75) is 31.0 Å². The Morgan fingerprint density at radius 2 is 1.90 bits per heavy atom. The maximum Gasteiger partial charge on any atom is 0.416 e. The number of alkyl halides is 3. The Kier molecular flexibility index (Phi) is 5.14. The van der Waals surface area contributed by atoms with Crippen LogP contribution in [-0.2, 0) is 24.6 Å². The van der Waals surface area contributed by atoms with Crippen molar-refractivity contribution in [3.05, 3.63) is 69.0 Å². The third-order valence-electron chi connectivity index (χ3n) is 4.98. The van der Waals surface area contributed by atoms with Crippen LogP contribution >= 0.6 is 23.2 Å². The lowest BCUT2D eigenvalue weighted by molar-refractivity contribution is -0.137. The topological polar surface area (TPSA) is 78.5 Å². The highest BCUT2D eigenvalue weighted by molar-refractivity contribution is 6.35. The zero-order valence-corrected chi connectivity index (χ0v) is 16.3. The van der Waals surface area contributed by atoms with Crippen molar-refractivity contribution >= 4 is 28.9 Å². The van der Waals surface area contributed by atoms with E-state index in [9.17, 15) is 13.2 Å². The van der Waals surface area contributed by atoms with Gasteiger partial charge in [-0.05, 0) is 58.7 Å². The molecule has 1 unspecified atom stereocenters. The summed E-state index contributed by atoms with van der Waals surface area (Å²) in [4.78, 5) is 0. The zero-order chi connectivity index (χ0) is 20.6. The van der Waals surface area contributed by atoms with Crippen LogP contribution < -0.4 is 10.9 Å². The van der Waals surface area contributed by atoms with Crippen molar-refractivity contribution in [1.29, 1.82) is 0 Å². The van der Waals surface area contributed by atoms with Crippen molar-refractivity contribution in [3.8, 4) is 0 Å². The summed E-state index contributed by atoms with van der Waals surface area (Å²) in [6.07, 6.45) is -3.01. The number of fused-ring (bicyclic) bond motifs is 1. The Labute approximate surface area is 173 Å². The van der Waals surface area contributed by atoms with Crippen molar-refractivity contribution in [2.24, 2.45) is 0 Å². The average molecular weight is 443 g/mol. The number of aryl methyl sites for hydroxylation is 1. The van der Waals surface area contributed by atoms with Crippen LogP contribution in [0.4, 0.5) is 18.9 Å². The number of halogens is 5. The number of H-pyrrole nitrogens is 1. The zero-order valence-electron chi connectivity index (χ0n) is 14.8. The van der Waals surface area contributed by atoms with Gasteiger partial charge in [-0.25, -0.2) is 10.5 Å². The normalized spacial score (nSPS) is 18.5. The lowest BCUT2D eigenvalue weighted by atomic mass is 9.80. The summed E-state index contributed by atoms with van der Waals surface area (Å²) in [5.74, 6) is 0.578. The van der Waals surface area contributed by atoms with E-state index in [1.807, 2.05) is 6.07 Å². The third kappa shape index (κ3) is 4.03. The maximum absolute atomic E-state index is 13.1. The summed E-state index contributed by atoms with van der Waals surface area (Å²) >= 11 is 12.4. The van der Waals surface area contributed by atoms with Crippen LogP contribution in [0.25, 0.3) is 0 Å². The second-order valence-corrected chi connectivity index (χ2v) is 7.69. The van der Waals surface area contributed by atoms with Gasteiger partial charge in [-0.1, -0.05) is 35.3 Å². The van der Waals surface area contributed by atoms with Crippen molar-refractivity contribution in [2.75, 3.05) is 5.43 Å². The fourth-order valence-electron chi connectivity index (χ4n) is 3.53. The van der Waals surface area contributed by atoms with E-state index in [0.29, 0.717) is 46.4 Å². The van der Waals surface area contributed by atoms with Crippen LogP contribution in [-0.4, -0.2) is 20.6 Å². The van der Waals surface area contributed by atoms with Crippen LogP contribution in [0.2, 0.25) is 10.0 Å². The van der Waals surface area contributed by atoms with Gasteiger partial charge in [0.25, 0.3) is 0 Å². The summed E-state index contributed by atoms with van der Waals surface area (Å²) in [6.45, 7) is 0. The van der Waals surface area contributed by atoms with Crippen LogP contribution in [0, 0.1) is 0 Å². The van der Waals surface area contributed by atoms with E-state index in [4.69, 9.17) is 23.2 Å². The Morgan fingerprint density at radius 1 is 1.07 bits per heavy atom. The number of benzene rings is 2. The number of aromatic amines is 1. The summed E-state index contributed by atoms with van der Waals surface area (Å²) < 4.78 is 39.3. The van der Waals surface area contributed by atoms with Gasteiger partial charge in [-0.3, -0.25) is 0 Å². The minimum Gasteiger partial charge on any atom is -0.320 e. The number of nitrogens with one attached hydrogen (secondary N) is 3. The minimum absolute atomic E-state index is 0.376. The van der Waals surface area contributed by atoms with Gasteiger partial charge in [0.15, 0.2) is 0 Å². The highest BCUT2D eigenvalue weighted by atomic mass is 35.5. The molecule has 3 N–H and O–H groups in total. The van der Waals surface area contributed by atoms with Crippen molar-refractivity contribution < 1.29 is 13.2 Å². The van der Waals surface area contributed by atoms with E-state index in [0.717, 1.165) is 17.7 Å². The molecule has 0 bridgehead atoms. The van der Waals surface area contributed by atoms with Gasteiger partial charge in [0.2, 0.25) is 0 Å². The molecule has 6 nitrogen and oxygen atoms in total. The molecule has 1 aliphatic rings. The van der Waals surface area contributed by atoms with E-state index in [-0.39, 0.29) is 0 Å². The molecular formula is C18H15Cl2F3N6. The number of hydrogen-bond acceptors (Lipinski definition) is 5. The van der Waals surface area contributed by atoms with Gasteiger partial charge < -0.3 is 5.43 Å². The number of hydrogen-bond donors (Lipinski definition) is 3. The lowest BCUT2D eigenvalue weighted by Crippen LogP contribution is -2.42. The lowest BCUT2D eigenvalue weighted by Gasteiger charge is -2.30. The molecule has 0 radical (unpaired) electrons. The molecule has 0 amide bonds. The van der Waals surface area contributed by atoms with E-state index < -0.39 is 17.3 Å². The third-order valence-corrected chi connectivity index (χ3v) is 5.57. The van der Waals surface area contributed by atoms with Crippen LogP contribution in [0.15, 0.2) is 36.4 Å². The Hall–Kier alpha value is -2.36. The summed E-state index contributed by atoms with van der Waals surface area (Å²) in [6, 6.07) is 8.86. The van der Waals surface area contributed by atoms with E-state index in [1.54, 1.807) is 12.1 Å². The minimum atomic E-state index is -4.42. The smallest absolute Gasteiger partial charge is 0.320 e. The SMILES string of the molecule is FC(F)(F)c1ccc2c(c1)NNC2(CCc1nnn[nH]1)Cc1ccc(Cl)cc1Cl. The molecule has 0 aliphatic carbocycles. The average Bonchev–Trinajstić information content (AvgIpc) is 3.30. The van der Waals surface area contributed by atoms with Crippen LogP contribution in [0.3, 0.4) is 0 Å². The fourth-order valence-corrected chi connectivity index (χ4v) is 4.00. The number of hydrazine groups is 1. The molecule has 0 fully saturated rings. The molecule has 1 aromatic heterocycles. The molecule has 0 saturated heterocycles. The van der Waals surface area contributed by atoms with Gasteiger partial charge >= 0.3 is 6.18 Å². The first-order valence-electron chi connectivity index (χ1n) is 8.68. The molecule has 152 valence electrons. The highest BCUT2D eigenvalue weighted by Crippen LogP contribution is 2.43. The summed E-state index contributed by atoms with van der Waals surface area (Å²) in [5, 5.41) is 14.7. The van der Waals surface area contributed by atoms with Crippen LogP contribution in [0.1, 0.15) is 28.9 Å². The van der Waals surface area contributed by atoms with Crippen molar-refractivity contribution in [1.82, 2.24) is 26.0 Å². The molecular weight excluding hydrogens is 428 g/mol. The first kappa shape index (κ1) is 19.9. The van der Waals surface area contributed by atoms with Gasteiger partial charge in [0.1, 0.15) is 5.82 Å². The molecule has 3 aromatic rings. The number of tetrazole rings is 1. The highest BCUT2D eigenvalue weighted by Gasteiger charge is 2.41. The second-order valence-electron chi connectivity index (χ2n) is 6.85. The number of aromatic nitrogens is 4. The number of nitrogens with zero attached hydrogens (tertiary/aromatic N) is 3. The molecule has 2 heterocycles. The van der Waals surface area contributed by atoms with Gasteiger partial charge in [-0.2, -0.15) is 13.2 Å². The predicted octanol–water partition coefficient (Wildman–Crippen LogP) is 4.53. The summed E-state index contributed by atoms with van der Waals surface area (Å²) in [5.41, 5.74) is 6.54. The first-order valence-corrected chi connectivity index (χ1v) is 9.44. The van der Waals surface area contributed by atoms with Gasteiger partial charge in [-0.15, -0.1) is 5.10 Å². The maximum atomic E-state index is 13.1.